The number of ether oxygens (including phenoxy) is 1. The van der Waals surface area contributed by atoms with E-state index in [0.717, 1.165) is 36.3 Å². The van der Waals surface area contributed by atoms with E-state index in [4.69, 9.17) is 17.0 Å². The van der Waals surface area contributed by atoms with Crippen LogP contribution in [0.5, 0.6) is 0 Å². The Kier molecular flexibility index (Phi) is 4.67. The molecule has 2 saturated carbocycles. The van der Waals surface area contributed by atoms with Gasteiger partial charge in [0.05, 0.1) is 12.5 Å². The Morgan fingerprint density at radius 1 is 1.33 bits per heavy atom. The van der Waals surface area contributed by atoms with Gasteiger partial charge in [0, 0.05) is 19.1 Å². The third kappa shape index (κ3) is 3.33. The second-order valence-electron chi connectivity index (χ2n) is 6.77. The Morgan fingerprint density at radius 2 is 2.19 bits per heavy atom. The fraction of sp³-hybridized carbons (Fsp3) is 0.875. The van der Waals surface area contributed by atoms with E-state index in [0.29, 0.717) is 19.2 Å². The molecule has 4 atom stereocenters. The Balaban J connectivity index is 1.51. The van der Waals surface area contributed by atoms with Crippen LogP contribution in [0.3, 0.4) is 0 Å². The first-order valence-corrected chi connectivity index (χ1v) is 8.80. The number of hydrogen-bond acceptors (Lipinski definition) is 3. The van der Waals surface area contributed by atoms with Gasteiger partial charge in [0.15, 0.2) is 5.11 Å². The molecule has 3 aliphatic rings. The second-order valence-corrected chi connectivity index (χ2v) is 7.15. The first kappa shape index (κ1) is 15.1. The summed E-state index contributed by atoms with van der Waals surface area (Å²) in [6.07, 6.45) is 7.36. The van der Waals surface area contributed by atoms with E-state index in [2.05, 4.69) is 10.2 Å². The van der Waals surface area contributed by atoms with Gasteiger partial charge in [0.2, 0.25) is 0 Å². The highest BCUT2D eigenvalue weighted by atomic mass is 32.1. The fourth-order valence-electron chi connectivity index (χ4n) is 4.29. The molecule has 4 nitrogen and oxygen atoms in total. The van der Waals surface area contributed by atoms with Crippen molar-refractivity contribution < 1.29 is 9.53 Å². The van der Waals surface area contributed by atoms with Crippen molar-refractivity contribution in [1.82, 2.24) is 10.2 Å². The number of nitrogens with zero attached hydrogens (tertiary/aromatic N) is 1. The van der Waals surface area contributed by atoms with Gasteiger partial charge in [0.25, 0.3) is 0 Å². The van der Waals surface area contributed by atoms with Crippen LogP contribution in [0.15, 0.2) is 0 Å². The van der Waals surface area contributed by atoms with E-state index in [-0.39, 0.29) is 11.9 Å². The highest BCUT2D eigenvalue weighted by Gasteiger charge is 2.40. The first-order chi connectivity index (χ1) is 10.2. The van der Waals surface area contributed by atoms with Crippen molar-refractivity contribution in [3.63, 3.8) is 0 Å². The molecule has 0 amide bonds. The standard InChI is InChI=1S/C16H26N2O2S/c1-2-20-15(19)13-4-3-7-18(10-13)16(21)17-14-9-11-5-6-12(14)8-11/h11-14H,2-10H2,1H3,(H,17,21). The maximum absolute atomic E-state index is 11.9. The number of piperidine rings is 1. The van der Waals surface area contributed by atoms with Gasteiger partial charge in [-0.05, 0) is 63.1 Å². The maximum Gasteiger partial charge on any atom is 0.310 e. The summed E-state index contributed by atoms with van der Waals surface area (Å²) < 4.78 is 5.15. The van der Waals surface area contributed by atoms with Crippen LogP contribution in [0.1, 0.15) is 45.4 Å². The van der Waals surface area contributed by atoms with Gasteiger partial charge < -0.3 is 15.0 Å². The number of nitrogens with one attached hydrogen (secondary N) is 1. The minimum atomic E-state index is -0.0649. The van der Waals surface area contributed by atoms with Gasteiger partial charge in [-0.1, -0.05) is 6.42 Å². The van der Waals surface area contributed by atoms with Gasteiger partial charge >= 0.3 is 5.97 Å². The molecule has 2 aliphatic carbocycles. The third-order valence-electron chi connectivity index (χ3n) is 5.38. The summed E-state index contributed by atoms with van der Waals surface area (Å²) in [5.74, 6) is 1.66. The van der Waals surface area contributed by atoms with Gasteiger partial charge in [0.1, 0.15) is 0 Å². The zero-order valence-electron chi connectivity index (χ0n) is 12.8. The van der Waals surface area contributed by atoms with E-state index in [1.807, 2.05) is 6.92 Å². The minimum absolute atomic E-state index is 0.0153. The third-order valence-corrected chi connectivity index (χ3v) is 5.75. The van der Waals surface area contributed by atoms with Crippen LogP contribution in [0.2, 0.25) is 0 Å². The summed E-state index contributed by atoms with van der Waals surface area (Å²) in [6.45, 7) is 4.00. The summed E-state index contributed by atoms with van der Waals surface area (Å²) in [4.78, 5) is 14.1. The van der Waals surface area contributed by atoms with Gasteiger partial charge in [-0.15, -0.1) is 0 Å². The zero-order chi connectivity index (χ0) is 14.8. The number of carbonyl (C=O) groups is 1. The second kappa shape index (κ2) is 6.51. The molecule has 4 unspecified atom stereocenters. The maximum atomic E-state index is 11.9. The van der Waals surface area contributed by atoms with Crippen molar-refractivity contribution in [2.75, 3.05) is 19.7 Å². The average molecular weight is 310 g/mol. The topological polar surface area (TPSA) is 41.6 Å². The largest absolute Gasteiger partial charge is 0.466 e. The molecule has 0 aromatic rings. The number of fused-ring (bicyclic) bond motifs is 2. The minimum Gasteiger partial charge on any atom is -0.466 e. The molecule has 3 rings (SSSR count). The van der Waals surface area contributed by atoms with Crippen LogP contribution >= 0.6 is 12.2 Å². The summed E-state index contributed by atoms with van der Waals surface area (Å²) in [5.41, 5.74) is 0. The monoisotopic (exact) mass is 310 g/mol. The molecule has 3 fully saturated rings. The lowest BCUT2D eigenvalue weighted by Crippen LogP contribution is -2.50. The predicted molar refractivity (Wildman–Crippen MR) is 85.9 cm³/mol. The van der Waals surface area contributed by atoms with Crippen LogP contribution in [-0.2, 0) is 9.53 Å². The molecule has 21 heavy (non-hydrogen) atoms. The zero-order valence-corrected chi connectivity index (χ0v) is 13.7. The van der Waals surface area contributed by atoms with Crippen LogP contribution in [-0.4, -0.2) is 41.7 Å². The molecular formula is C16H26N2O2S. The fourth-order valence-corrected chi connectivity index (χ4v) is 4.60. The number of likely N-dealkylation sites (tertiary alicyclic amines) is 1. The van der Waals surface area contributed by atoms with Crippen molar-refractivity contribution in [1.29, 1.82) is 0 Å². The number of hydrogen-bond donors (Lipinski definition) is 1. The predicted octanol–water partition coefficient (Wildman–Crippen LogP) is 2.32. The van der Waals surface area contributed by atoms with Crippen molar-refractivity contribution in [2.45, 2.75) is 51.5 Å². The molecule has 1 heterocycles. The Bertz CT molecular complexity index is 415. The number of rotatable bonds is 3. The SMILES string of the molecule is CCOC(=O)C1CCCN(C(=S)NC2CC3CCC2C3)C1. The lowest BCUT2D eigenvalue weighted by molar-refractivity contribution is -0.149. The molecule has 1 aliphatic heterocycles. The molecule has 0 radical (unpaired) electrons. The summed E-state index contributed by atoms with van der Waals surface area (Å²) in [6, 6.07) is 0.569. The van der Waals surface area contributed by atoms with E-state index >= 15 is 0 Å². The average Bonchev–Trinajstić information content (AvgIpc) is 3.10. The number of carbonyl (C=O) groups excluding carboxylic acids is 1. The van der Waals surface area contributed by atoms with Crippen LogP contribution < -0.4 is 5.32 Å². The van der Waals surface area contributed by atoms with Crippen molar-refractivity contribution >= 4 is 23.3 Å². The molecule has 1 saturated heterocycles. The van der Waals surface area contributed by atoms with E-state index < -0.39 is 0 Å². The van der Waals surface area contributed by atoms with E-state index in [1.165, 1.54) is 25.7 Å². The van der Waals surface area contributed by atoms with Gasteiger partial charge in [-0.2, -0.15) is 0 Å². The summed E-state index contributed by atoms with van der Waals surface area (Å²) in [7, 11) is 0. The highest BCUT2D eigenvalue weighted by Crippen LogP contribution is 2.44. The van der Waals surface area contributed by atoms with E-state index in [9.17, 15) is 4.79 Å². The van der Waals surface area contributed by atoms with Crippen molar-refractivity contribution in [2.24, 2.45) is 17.8 Å². The van der Waals surface area contributed by atoms with Crippen LogP contribution in [0.25, 0.3) is 0 Å². The first-order valence-electron chi connectivity index (χ1n) is 8.39. The molecule has 1 N–H and O–H groups in total. The molecule has 5 heteroatoms. The molecule has 118 valence electrons. The normalized spacial score (nSPS) is 34.8. The molecular weight excluding hydrogens is 284 g/mol. The smallest absolute Gasteiger partial charge is 0.310 e. The molecule has 2 bridgehead atoms. The van der Waals surface area contributed by atoms with Gasteiger partial charge in [-0.25, -0.2) is 0 Å². The van der Waals surface area contributed by atoms with Crippen molar-refractivity contribution in [3.05, 3.63) is 0 Å². The Labute approximate surface area is 132 Å². The molecule has 0 aromatic carbocycles. The highest BCUT2D eigenvalue weighted by molar-refractivity contribution is 7.80. The van der Waals surface area contributed by atoms with Crippen LogP contribution in [0.4, 0.5) is 0 Å². The lowest BCUT2D eigenvalue weighted by Gasteiger charge is -2.35. The summed E-state index contributed by atoms with van der Waals surface area (Å²) in [5, 5.41) is 4.43. The van der Waals surface area contributed by atoms with Crippen LogP contribution in [0, 0.1) is 17.8 Å². The molecule has 0 aromatic heterocycles. The molecule has 0 spiro atoms. The summed E-state index contributed by atoms with van der Waals surface area (Å²) >= 11 is 5.59. The van der Waals surface area contributed by atoms with Crippen molar-refractivity contribution in [3.8, 4) is 0 Å². The Morgan fingerprint density at radius 3 is 2.86 bits per heavy atom. The number of esters is 1. The van der Waals surface area contributed by atoms with E-state index in [1.54, 1.807) is 0 Å². The quantitative estimate of drug-likeness (QED) is 0.640. The number of thiocarbonyl (C=S) groups is 1. The lowest BCUT2D eigenvalue weighted by atomic mass is 9.95. The van der Waals surface area contributed by atoms with Gasteiger partial charge in [-0.3, -0.25) is 4.79 Å². The Hall–Kier alpha value is -0.840.